The third kappa shape index (κ3) is 2.16. The fourth-order valence-electron chi connectivity index (χ4n) is 1.42. The van der Waals surface area contributed by atoms with Crippen LogP contribution in [0.1, 0.15) is 5.56 Å². The number of thioether (sulfide) groups is 1. The molecule has 3 heteroatoms. The summed E-state index contributed by atoms with van der Waals surface area (Å²) < 4.78 is 0.943. The van der Waals surface area contributed by atoms with Gasteiger partial charge in [0.1, 0.15) is 4.32 Å². The van der Waals surface area contributed by atoms with E-state index in [2.05, 4.69) is 35.7 Å². The van der Waals surface area contributed by atoms with Gasteiger partial charge in [0.15, 0.2) is 0 Å². The van der Waals surface area contributed by atoms with Crippen LogP contribution >= 0.6 is 24.0 Å². The van der Waals surface area contributed by atoms with E-state index in [4.69, 9.17) is 12.2 Å². The second-order valence-corrected chi connectivity index (χ2v) is 5.06. The van der Waals surface area contributed by atoms with Gasteiger partial charge in [-0.15, -0.1) is 0 Å². The molecule has 1 aliphatic rings. The molecule has 1 nitrogen and oxygen atoms in total. The number of hydrogen-bond acceptors (Lipinski definition) is 2. The third-order valence-electron chi connectivity index (χ3n) is 2.07. The Morgan fingerprint density at radius 2 is 2.07 bits per heavy atom. The molecule has 0 saturated carbocycles. The van der Waals surface area contributed by atoms with Gasteiger partial charge in [-0.25, -0.2) is 0 Å². The van der Waals surface area contributed by atoms with E-state index in [9.17, 15) is 0 Å². The molecule has 2 rings (SSSR count). The Bertz CT molecular complexity index is 359. The Balaban J connectivity index is 2.05. The summed E-state index contributed by atoms with van der Waals surface area (Å²) in [4.78, 5) is 3.32. The van der Waals surface area contributed by atoms with Crippen LogP contribution in [0.15, 0.2) is 41.8 Å². The summed E-state index contributed by atoms with van der Waals surface area (Å²) in [5.41, 5.74) is 1.30. The predicted octanol–water partition coefficient (Wildman–Crippen LogP) is 3.03. The molecule has 14 heavy (non-hydrogen) atoms. The third-order valence-corrected chi connectivity index (χ3v) is 3.43. The van der Waals surface area contributed by atoms with Crippen LogP contribution in [-0.2, 0) is 6.54 Å². The first-order valence-corrected chi connectivity index (χ1v) is 5.66. The topological polar surface area (TPSA) is 3.24 Å². The van der Waals surface area contributed by atoms with E-state index in [1.165, 1.54) is 5.56 Å². The summed E-state index contributed by atoms with van der Waals surface area (Å²) in [6, 6.07) is 10.4. The maximum absolute atomic E-state index is 5.24. The maximum atomic E-state index is 5.24. The van der Waals surface area contributed by atoms with E-state index in [1.807, 2.05) is 6.07 Å². The van der Waals surface area contributed by atoms with Gasteiger partial charge in [-0.1, -0.05) is 60.9 Å². The first kappa shape index (κ1) is 9.74. The quantitative estimate of drug-likeness (QED) is 0.707. The molecule has 1 heterocycles. The lowest BCUT2D eigenvalue weighted by Gasteiger charge is -2.15. The van der Waals surface area contributed by atoms with E-state index in [0.717, 1.165) is 22.3 Å². The molecule has 1 aromatic carbocycles. The molecule has 0 aromatic heterocycles. The molecule has 0 bridgehead atoms. The fourth-order valence-corrected chi connectivity index (χ4v) is 2.63. The van der Waals surface area contributed by atoms with Crippen LogP contribution in [-0.4, -0.2) is 15.8 Å². The van der Waals surface area contributed by atoms with E-state index in [-0.39, 0.29) is 0 Å². The zero-order valence-corrected chi connectivity index (χ0v) is 9.40. The highest BCUT2D eigenvalue weighted by Crippen LogP contribution is 2.28. The van der Waals surface area contributed by atoms with E-state index in [0.29, 0.717) is 0 Å². The maximum Gasteiger partial charge on any atom is 0.141 e. The largest absolute Gasteiger partial charge is 0.348 e. The number of thiocarbonyl (C=S) groups is 1. The Hall–Kier alpha value is -0.800. The van der Waals surface area contributed by atoms with Crippen molar-refractivity contribution in [2.75, 3.05) is 6.54 Å². The van der Waals surface area contributed by atoms with Gasteiger partial charge in [0.2, 0.25) is 0 Å². The summed E-state index contributed by atoms with van der Waals surface area (Å²) in [6.07, 6.45) is 0. The van der Waals surface area contributed by atoms with Crippen LogP contribution in [0, 0.1) is 0 Å². The standard InChI is InChI=1S/C11H11NS2/c1-9-7-12(11(13)14-9)8-10-5-3-2-4-6-10/h2-6H,1,7-8H2. The molecule has 0 N–H and O–H groups in total. The van der Waals surface area contributed by atoms with Crippen LogP contribution in [0.3, 0.4) is 0 Å². The Labute approximate surface area is 93.8 Å². The van der Waals surface area contributed by atoms with Gasteiger partial charge in [0.25, 0.3) is 0 Å². The van der Waals surface area contributed by atoms with Crippen molar-refractivity contribution >= 4 is 28.3 Å². The minimum Gasteiger partial charge on any atom is -0.348 e. The molecule has 1 fully saturated rings. The van der Waals surface area contributed by atoms with E-state index < -0.39 is 0 Å². The van der Waals surface area contributed by atoms with Gasteiger partial charge < -0.3 is 4.90 Å². The molecule has 0 spiro atoms. The second kappa shape index (κ2) is 4.15. The van der Waals surface area contributed by atoms with Crippen LogP contribution in [0.5, 0.6) is 0 Å². The number of benzene rings is 1. The molecule has 0 aliphatic carbocycles. The summed E-state index contributed by atoms with van der Waals surface area (Å²) in [6.45, 7) is 5.71. The summed E-state index contributed by atoms with van der Waals surface area (Å²) in [5, 5.41) is 0. The van der Waals surface area contributed by atoms with Crippen molar-refractivity contribution in [2.45, 2.75) is 6.54 Å². The van der Waals surface area contributed by atoms with Gasteiger partial charge in [-0.3, -0.25) is 0 Å². The van der Waals surface area contributed by atoms with Crippen molar-refractivity contribution in [1.29, 1.82) is 0 Å². The molecular weight excluding hydrogens is 210 g/mol. The average molecular weight is 221 g/mol. The predicted molar refractivity (Wildman–Crippen MR) is 66.2 cm³/mol. The molecule has 0 radical (unpaired) electrons. The highest BCUT2D eigenvalue weighted by atomic mass is 32.2. The van der Waals surface area contributed by atoms with Crippen molar-refractivity contribution in [2.24, 2.45) is 0 Å². The SMILES string of the molecule is C=C1CN(Cc2ccccc2)C(=S)S1. The molecule has 1 aliphatic heterocycles. The zero-order chi connectivity index (χ0) is 9.97. The molecule has 1 saturated heterocycles. The number of hydrogen-bond donors (Lipinski definition) is 0. The van der Waals surface area contributed by atoms with Gasteiger partial charge in [-0.05, 0) is 5.56 Å². The van der Waals surface area contributed by atoms with Crippen molar-refractivity contribution in [3.8, 4) is 0 Å². The normalized spacial score (nSPS) is 16.4. The van der Waals surface area contributed by atoms with Gasteiger partial charge in [0, 0.05) is 11.4 Å². The highest BCUT2D eigenvalue weighted by Gasteiger charge is 2.20. The summed E-state index contributed by atoms with van der Waals surface area (Å²) >= 11 is 6.86. The lowest BCUT2D eigenvalue weighted by Crippen LogP contribution is -2.21. The number of rotatable bonds is 2. The summed E-state index contributed by atoms with van der Waals surface area (Å²) in [7, 11) is 0. The molecule has 72 valence electrons. The average Bonchev–Trinajstić information content (AvgIpc) is 2.47. The molecule has 0 unspecified atom stereocenters. The lowest BCUT2D eigenvalue weighted by molar-refractivity contribution is 0.477. The molecule has 0 amide bonds. The minimum absolute atomic E-state index is 0.887. The first-order chi connectivity index (χ1) is 6.75. The van der Waals surface area contributed by atoms with Crippen LogP contribution in [0.25, 0.3) is 0 Å². The Morgan fingerprint density at radius 1 is 1.36 bits per heavy atom. The van der Waals surface area contributed by atoms with Crippen LogP contribution in [0.2, 0.25) is 0 Å². The molecule has 1 aromatic rings. The zero-order valence-electron chi connectivity index (χ0n) is 7.77. The smallest absolute Gasteiger partial charge is 0.141 e. The van der Waals surface area contributed by atoms with Gasteiger partial charge in [-0.2, -0.15) is 0 Å². The van der Waals surface area contributed by atoms with Crippen LogP contribution in [0.4, 0.5) is 0 Å². The fraction of sp³-hybridized carbons (Fsp3) is 0.182. The van der Waals surface area contributed by atoms with Crippen molar-refractivity contribution in [1.82, 2.24) is 4.90 Å². The highest BCUT2D eigenvalue weighted by molar-refractivity contribution is 8.25. The van der Waals surface area contributed by atoms with Crippen molar-refractivity contribution in [3.05, 3.63) is 47.4 Å². The van der Waals surface area contributed by atoms with Gasteiger partial charge >= 0.3 is 0 Å². The first-order valence-electron chi connectivity index (χ1n) is 4.44. The van der Waals surface area contributed by atoms with E-state index >= 15 is 0 Å². The second-order valence-electron chi connectivity index (χ2n) is 3.25. The number of nitrogens with zero attached hydrogens (tertiary/aromatic N) is 1. The minimum atomic E-state index is 0.887. The Morgan fingerprint density at radius 3 is 2.64 bits per heavy atom. The van der Waals surface area contributed by atoms with E-state index in [1.54, 1.807) is 11.8 Å². The monoisotopic (exact) mass is 221 g/mol. The molecular formula is C11H11NS2. The van der Waals surface area contributed by atoms with Gasteiger partial charge in [0.05, 0.1) is 6.54 Å². The van der Waals surface area contributed by atoms with Crippen molar-refractivity contribution in [3.63, 3.8) is 0 Å². The van der Waals surface area contributed by atoms with Crippen molar-refractivity contribution < 1.29 is 0 Å². The van der Waals surface area contributed by atoms with Crippen LogP contribution < -0.4 is 0 Å². The lowest BCUT2D eigenvalue weighted by atomic mass is 10.2. The summed E-state index contributed by atoms with van der Waals surface area (Å²) in [5.74, 6) is 0. The molecule has 0 atom stereocenters. The Kier molecular flexibility index (Phi) is 2.89.